The number of nitrogens with zero attached hydrogens (tertiary/aromatic N) is 2. The molecule has 2 aromatic carbocycles. The van der Waals surface area contributed by atoms with E-state index in [2.05, 4.69) is 4.99 Å². The molecule has 0 aliphatic carbocycles. The van der Waals surface area contributed by atoms with Crippen LogP contribution < -0.4 is 9.54 Å². The Kier molecular flexibility index (Phi) is 6.16. The summed E-state index contributed by atoms with van der Waals surface area (Å²) >= 11 is 7.58. The molecule has 28 heavy (non-hydrogen) atoms. The van der Waals surface area contributed by atoms with E-state index in [9.17, 15) is 9.59 Å². The normalized spacial score (nSPS) is 11.6. The van der Waals surface area contributed by atoms with Crippen LogP contribution in [0.4, 0.5) is 0 Å². The molecule has 0 aliphatic heterocycles. The second-order valence-corrected chi connectivity index (χ2v) is 7.36. The van der Waals surface area contributed by atoms with Gasteiger partial charge in [0.1, 0.15) is 12.3 Å². The lowest BCUT2D eigenvalue weighted by molar-refractivity contribution is -0.143. The van der Waals surface area contributed by atoms with Crippen LogP contribution in [0.1, 0.15) is 22.8 Å². The van der Waals surface area contributed by atoms with E-state index in [-0.39, 0.29) is 13.2 Å². The number of esters is 1. The topological polar surface area (TPSA) is 69.9 Å². The van der Waals surface area contributed by atoms with E-state index in [1.807, 2.05) is 13.0 Å². The minimum atomic E-state index is -0.424. The third-order valence-electron chi connectivity index (χ3n) is 4.14. The van der Waals surface area contributed by atoms with E-state index in [1.165, 1.54) is 18.4 Å². The number of ether oxygens (including phenoxy) is 2. The number of hydrogen-bond acceptors (Lipinski definition) is 5. The van der Waals surface area contributed by atoms with Crippen molar-refractivity contribution in [3.63, 3.8) is 0 Å². The summed E-state index contributed by atoms with van der Waals surface area (Å²) in [6.07, 6.45) is 0. The van der Waals surface area contributed by atoms with E-state index in [1.54, 1.807) is 41.8 Å². The number of carbonyl (C=O) groups is 2. The van der Waals surface area contributed by atoms with Gasteiger partial charge in [-0.1, -0.05) is 29.0 Å². The molecule has 0 saturated heterocycles. The van der Waals surface area contributed by atoms with Crippen LogP contribution in [0.25, 0.3) is 10.2 Å². The Hall–Kier alpha value is -2.64. The van der Waals surface area contributed by atoms with Crippen LogP contribution in [-0.2, 0) is 16.1 Å². The maximum Gasteiger partial charge on any atom is 0.326 e. The lowest BCUT2D eigenvalue weighted by Gasteiger charge is -2.08. The van der Waals surface area contributed by atoms with Crippen molar-refractivity contribution in [2.24, 2.45) is 4.99 Å². The zero-order valence-corrected chi connectivity index (χ0v) is 17.3. The molecule has 146 valence electrons. The molecule has 3 rings (SSSR count). The predicted octanol–water partition coefficient (Wildman–Crippen LogP) is 3.98. The Morgan fingerprint density at radius 2 is 2.04 bits per heavy atom. The Labute approximate surface area is 171 Å². The Morgan fingerprint density at radius 3 is 2.75 bits per heavy atom. The summed E-state index contributed by atoms with van der Waals surface area (Å²) in [5.41, 5.74) is 1.98. The number of rotatable bonds is 5. The zero-order valence-electron chi connectivity index (χ0n) is 15.7. The van der Waals surface area contributed by atoms with Gasteiger partial charge in [0, 0.05) is 10.6 Å². The predicted molar refractivity (Wildman–Crippen MR) is 109 cm³/mol. The van der Waals surface area contributed by atoms with Gasteiger partial charge in [0.15, 0.2) is 4.80 Å². The molecule has 1 amide bonds. The first-order chi connectivity index (χ1) is 13.4. The van der Waals surface area contributed by atoms with Crippen molar-refractivity contribution in [1.29, 1.82) is 0 Å². The quantitative estimate of drug-likeness (QED) is 0.588. The van der Waals surface area contributed by atoms with Crippen LogP contribution >= 0.6 is 22.9 Å². The van der Waals surface area contributed by atoms with Crippen LogP contribution in [0, 0.1) is 6.92 Å². The summed E-state index contributed by atoms with van der Waals surface area (Å²) in [5, 5.41) is 0.577. The average Bonchev–Trinajstić information content (AvgIpc) is 3.02. The van der Waals surface area contributed by atoms with Crippen molar-refractivity contribution in [3.05, 3.63) is 57.3 Å². The maximum atomic E-state index is 12.7. The second-order valence-electron chi connectivity index (χ2n) is 5.94. The standard InChI is InChI=1S/C20H19ClN2O4S/c1-4-27-17(24)11-23-18-12(2)15(21)8-9-16(18)28-20(23)22-19(25)13-6-5-7-14(10-13)26-3/h5-10H,4,11H2,1-3H3. The number of carbonyl (C=O) groups excluding carboxylic acids is 2. The fourth-order valence-corrected chi connectivity index (χ4v) is 4.03. The molecule has 0 aliphatic rings. The second kappa shape index (κ2) is 8.58. The average molecular weight is 419 g/mol. The molecule has 0 saturated carbocycles. The summed E-state index contributed by atoms with van der Waals surface area (Å²) in [7, 11) is 1.53. The van der Waals surface area contributed by atoms with Gasteiger partial charge in [-0.2, -0.15) is 4.99 Å². The summed E-state index contributed by atoms with van der Waals surface area (Å²) in [6.45, 7) is 3.83. The van der Waals surface area contributed by atoms with Crippen LogP contribution in [-0.4, -0.2) is 30.2 Å². The summed E-state index contributed by atoms with van der Waals surface area (Å²) < 4.78 is 12.8. The highest BCUT2D eigenvalue weighted by molar-refractivity contribution is 7.16. The first-order valence-corrected chi connectivity index (χ1v) is 9.81. The lowest BCUT2D eigenvalue weighted by Crippen LogP contribution is -2.23. The molecule has 0 bridgehead atoms. The number of methoxy groups -OCH3 is 1. The Bertz CT molecular complexity index is 1120. The van der Waals surface area contributed by atoms with E-state index in [0.29, 0.717) is 21.1 Å². The molecule has 6 nitrogen and oxygen atoms in total. The molecule has 0 spiro atoms. The van der Waals surface area contributed by atoms with Crippen molar-refractivity contribution in [2.75, 3.05) is 13.7 Å². The third kappa shape index (κ3) is 4.10. The molecule has 1 heterocycles. The highest BCUT2D eigenvalue weighted by Crippen LogP contribution is 2.27. The number of thiazole rings is 1. The van der Waals surface area contributed by atoms with E-state index < -0.39 is 11.9 Å². The van der Waals surface area contributed by atoms with E-state index in [4.69, 9.17) is 21.1 Å². The lowest BCUT2D eigenvalue weighted by atomic mass is 10.2. The van der Waals surface area contributed by atoms with Gasteiger partial charge >= 0.3 is 5.97 Å². The molecular weight excluding hydrogens is 400 g/mol. The number of aryl methyl sites for hydroxylation is 1. The summed E-state index contributed by atoms with van der Waals surface area (Å²) in [5.74, 6) is -0.261. The SMILES string of the molecule is CCOC(=O)Cn1c(=NC(=O)c2cccc(OC)c2)sc2ccc(Cl)c(C)c21. The van der Waals surface area contributed by atoms with Gasteiger partial charge < -0.3 is 14.0 Å². The summed E-state index contributed by atoms with van der Waals surface area (Å²) in [6, 6.07) is 10.4. The number of hydrogen-bond donors (Lipinski definition) is 0. The number of halogens is 1. The number of fused-ring (bicyclic) bond motifs is 1. The smallest absolute Gasteiger partial charge is 0.326 e. The van der Waals surface area contributed by atoms with Crippen LogP contribution in [0.15, 0.2) is 41.4 Å². The van der Waals surface area contributed by atoms with Crippen molar-refractivity contribution >= 4 is 45.0 Å². The van der Waals surface area contributed by atoms with Gasteiger partial charge in [-0.25, -0.2) is 0 Å². The van der Waals surface area contributed by atoms with E-state index in [0.717, 1.165) is 15.8 Å². The maximum absolute atomic E-state index is 12.7. The molecule has 0 radical (unpaired) electrons. The molecular formula is C20H19ClN2O4S. The number of amides is 1. The highest BCUT2D eigenvalue weighted by atomic mass is 35.5. The fraction of sp³-hybridized carbons (Fsp3) is 0.250. The molecule has 0 N–H and O–H groups in total. The molecule has 3 aromatic rings. The highest BCUT2D eigenvalue weighted by Gasteiger charge is 2.16. The van der Waals surface area contributed by atoms with Gasteiger partial charge in [-0.3, -0.25) is 9.59 Å². The first kappa shape index (κ1) is 20.1. The molecule has 0 atom stereocenters. The summed E-state index contributed by atoms with van der Waals surface area (Å²) in [4.78, 5) is 29.5. The molecule has 1 aromatic heterocycles. The molecule has 0 unspecified atom stereocenters. The van der Waals surface area contributed by atoms with Crippen molar-refractivity contribution in [1.82, 2.24) is 4.57 Å². The molecule has 0 fully saturated rings. The largest absolute Gasteiger partial charge is 0.497 e. The van der Waals surface area contributed by atoms with Gasteiger partial charge in [-0.15, -0.1) is 0 Å². The minimum absolute atomic E-state index is 0.0563. The van der Waals surface area contributed by atoms with E-state index >= 15 is 0 Å². The van der Waals surface area contributed by atoms with Crippen molar-refractivity contribution in [3.8, 4) is 5.75 Å². The Balaban J connectivity index is 2.15. The van der Waals surface area contributed by atoms with Gasteiger partial charge in [0.25, 0.3) is 5.91 Å². The van der Waals surface area contributed by atoms with Crippen molar-refractivity contribution in [2.45, 2.75) is 20.4 Å². The van der Waals surface area contributed by atoms with Gasteiger partial charge in [0.05, 0.1) is 23.9 Å². The van der Waals surface area contributed by atoms with Crippen LogP contribution in [0.3, 0.4) is 0 Å². The fourth-order valence-electron chi connectivity index (χ4n) is 2.79. The monoisotopic (exact) mass is 418 g/mol. The zero-order chi connectivity index (χ0) is 20.3. The van der Waals surface area contributed by atoms with Crippen LogP contribution in [0.5, 0.6) is 5.75 Å². The first-order valence-electron chi connectivity index (χ1n) is 8.61. The van der Waals surface area contributed by atoms with Crippen molar-refractivity contribution < 1.29 is 19.1 Å². The number of aromatic nitrogens is 1. The molecule has 8 heteroatoms. The third-order valence-corrected chi connectivity index (χ3v) is 5.59. The minimum Gasteiger partial charge on any atom is -0.497 e. The number of benzene rings is 2. The Morgan fingerprint density at radius 1 is 1.25 bits per heavy atom. The van der Waals surface area contributed by atoms with Crippen LogP contribution in [0.2, 0.25) is 5.02 Å². The van der Waals surface area contributed by atoms with Gasteiger partial charge in [-0.05, 0) is 49.7 Å². The van der Waals surface area contributed by atoms with Gasteiger partial charge in [0.2, 0.25) is 0 Å².